The number of hydrogen-bond donors (Lipinski definition) is 0. The molecule has 0 radical (unpaired) electrons. The van der Waals surface area contributed by atoms with Crippen LogP contribution in [0.3, 0.4) is 0 Å². The molecule has 2 nitrogen and oxygen atoms in total. The Morgan fingerprint density at radius 2 is 2.43 bits per heavy atom. The summed E-state index contributed by atoms with van der Waals surface area (Å²) in [5, 5.41) is 0. The highest BCUT2D eigenvalue weighted by Crippen LogP contribution is 2.26. The molecule has 0 aromatic heterocycles. The Morgan fingerprint density at radius 1 is 1.86 bits per heavy atom. The van der Waals surface area contributed by atoms with Crippen molar-refractivity contribution in [3.8, 4) is 0 Å². The van der Waals surface area contributed by atoms with Gasteiger partial charge in [0.05, 0.1) is 0 Å². The Bertz CT molecular complexity index is 66.7. The molecule has 0 aliphatic rings. The van der Waals surface area contributed by atoms with Gasteiger partial charge in [-0.2, -0.15) is 0 Å². The third-order valence-electron chi connectivity index (χ3n) is 0.311. The maximum Gasteiger partial charge on any atom is 0.633 e. The van der Waals surface area contributed by atoms with E-state index in [-0.39, 0.29) is 0 Å². The van der Waals surface area contributed by atoms with Gasteiger partial charge < -0.3 is 0 Å². The molecule has 5 heteroatoms. The van der Waals surface area contributed by atoms with Crippen LogP contribution >= 0.6 is 27.9 Å². The van der Waals surface area contributed by atoms with Crippen molar-refractivity contribution in [2.24, 2.45) is 0 Å². The summed E-state index contributed by atoms with van der Waals surface area (Å²) in [5.41, 5.74) is 0. The number of hydrogen-bond acceptors (Lipinski definition) is 2. The molecule has 0 amide bonds. The minimum atomic E-state index is -1.90. The van der Waals surface area contributed by atoms with Crippen LogP contribution in [0.25, 0.3) is 0 Å². The summed E-state index contributed by atoms with van der Waals surface area (Å²) in [6.45, 7) is 0.448. The molecule has 2 atom stereocenters. The highest BCUT2D eigenvalue weighted by Gasteiger charge is 2.09. The van der Waals surface area contributed by atoms with E-state index in [9.17, 15) is 4.57 Å². The van der Waals surface area contributed by atoms with Crippen molar-refractivity contribution in [1.29, 1.82) is 0 Å². The van der Waals surface area contributed by atoms with Gasteiger partial charge >= 0.3 is 7.38 Å². The Balaban J connectivity index is 2.82. The van der Waals surface area contributed by atoms with Crippen molar-refractivity contribution < 1.29 is 9.09 Å². The molecule has 0 bridgehead atoms. The fourth-order valence-corrected chi connectivity index (χ4v) is 0.897. The van der Waals surface area contributed by atoms with Crippen molar-refractivity contribution in [3.05, 3.63) is 0 Å². The fraction of sp³-hybridized carbons (Fsp3) is 1.00. The first-order chi connectivity index (χ1) is 3.27. The average Bonchev–Trinajstić information content (AvgIpc) is 1.61. The number of halogens is 1. The van der Waals surface area contributed by atoms with Crippen LogP contribution in [0.5, 0.6) is 0 Å². The van der Waals surface area contributed by atoms with Gasteiger partial charge in [-0.3, -0.25) is 0 Å². The third-order valence-corrected chi connectivity index (χ3v) is 1.22. The molecule has 0 aromatic carbocycles. The van der Waals surface area contributed by atoms with E-state index in [1.54, 1.807) is 0 Å². The van der Waals surface area contributed by atoms with Gasteiger partial charge in [0, 0.05) is 0 Å². The zero-order valence-corrected chi connectivity index (χ0v) is 6.44. The van der Waals surface area contributed by atoms with Crippen LogP contribution in [0.2, 0.25) is 0 Å². The van der Waals surface area contributed by atoms with E-state index in [0.29, 0.717) is 6.61 Å². The molecule has 0 N–H and O–H groups in total. The Kier molecular flexibility index (Phi) is 5.48. The minimum Gasteiger partial charge on any atom is -0.135 e. The van der Waals surface area contributed by atoms with Gasteiger partial charge in [-0.25, -0.2) is 0 Å². The van der Waals surface area contributed by atoms with Gasteiger partial charge in [0.1, 0.15) is 6.61 Å². The van der Waals surface area contributed by atoms with Gasteiger partial charge in [-0.05, 0) is 10.7 Å². The first-order valence-corrected chi connectivity index (χ1v) is 4.63. The smallest absolute Gasteiger partial charge is 0.135 e. The molecule has 0 aliphatic heterocycles. The van der Waals surface area contributed by atoms with E-state index in [0.717, 1.165) is 6.16 Å². The molecule has 0 aromatic rings. The summed E-state index contributed by atoms with van der Waals surface area (Å²) in [5.74, 6) is 0. The van der Waals surface area contributed by atoms with Crippen LogP contribution in [0, 0.1) is 0 Å². The van der Waals surface area contributed by atoms with Gasteiger partial charge in [0.25, 0.3) is 0 Å². The quantitative estimate of drug-likeness (QED) is 0.587. The lowest BCUT2D eigenvalue weighted by Gasteiger charge is -1.76. The molecular formula is C2H6ClO2P2+. The lowest BCUT2D eigenvalue weighted by molar-refractivity contribution is 0.364. The monoisotopic (exact) mass is 159 g/mol. The second kappa shape index (κ2) is 4.93. The van der Waals surface area contributed by atoms with E-state index < -0.39 is 7.38 Å². The standard InChI is InChI=1S/C2H6ClO2P2/c3-7(4)5-1-2-6/h1-2,6H2/q+1. The third kappa shape index (κ3) is 6.78. The molecule has 0 saturated heterocycles. The zero-order valence-electron chi connectivity index (χ0n) is 3.63. The van der Waals surface area contributed by atoms with Crippen LogP contribution in [0.4, 0.5) is 0 Å². The lowest BCUT2D eigenvalue weighted by Crippen LogP contribution is -1.81. The van der Waals surface area contributed by atoms with Gasteiger partial charge in [-0.15, -0.1) is 13.8 Å². The van der Waals surface area contributed by atoms with Crippen molar-refractivity contribution in [2.75, 3.05) is 12.8 Å². The van der Waals surface area contributed by atoms with Gasteiger partial charge in [0.15, 0.2) is 0 Å². The van der Waals surface area contributed by atoms with Crippen molar-refractivity contribution in [2.45, 2.75) is 0 Å². The fourth-order valence-electron chi connectivity index (χ4n) is 0.124. The Labute approximate surface area is 50.4 Å². The first-order valence-electron chi connectivity index (χ1n) is 1.73. The van der Waals surface area contributed by atoms with E-state index in [1.165, 1.54) is 0 Å². The maximum absolute atomic E-state index is 9.88. The molecule has 0 rings (SSSR count). The summed E-state index contributed by atoms with van der Waals surface area (Å²) in [6.07, 6.45) is 0.772. The maximum atomic E-state index is 9.88. The molecule has 0 fully saturated rings. The second-order valence-corrected chi connectivity index (χ2v) is 2.92. The highest BCUT2D eigenvalue weighted by molar-refractivity contribution is 7.69. The normalized spacial score (nSPS) is 11.4. The van der Waals surface area contributed by atoms with Gasteiger partial charge in [0.2, 0.25) is 11.2 Å². The van der Waals surface area contributed by atoms with E-state index in [4.69, 9.17) is 11.2 Å². The molecule has 42 valence electrons. The summed E-state index contributed by atoms with van der Waals surface area (Å²) >= 11 is 4.93. The highest BCUT2D eigenvalue weighted by atomic mass is 35.7. The van der Waals surface area contributed by atoms with Crippen LogP contribution in [-0.2, 0) is 9.09 Å². The van der Waals surface area contributed by atoms with Crippen molar-refractivity contribution >= 4 is 27.9 Å². The van der Waals surface area contributed by atoms with Crippen molar-refractivity contribution in [3.63, 3.8) is 0 Å². The van der Waals surface area contributed by atoms with Crippen molar-refractivity contribution in [1.82, 2.24) is 0 Å². The first kappa shape index (κ1) is 7.78. The molecule has 0 aliphatic carbocycles. The predicted octanol–water partition coefficient (Wildman–Crippen LogP) is 1.77. The molecule has 0 saturated carbocycles. The molecule has 2 unspecified atom stereocenters. The summed E-state index contributed by atoms with van der Waals surface area (Å²) in [6, 6.07) is 0. The van der Waals surface area contributed by atoms with Crippen LogP contribution in [-0.4, -0.2) is 12.8 Å². The SMILES string of the molecule is O=[P+](Cl)OCCP. The summed E-state index contributed by atoms with van der Waals surface area (Å²) < 4.78 is 14.3. The predicted molar refractivity (Wildman–Crippen MR) is 34.0 cm³/mol. The Hall–Kier alpha value is 0.780. The molecular weight excluding hydrogens is 153 g/mol. The summed E-state index contributed by atoms with van der Waals surface area (Å²) in [4.78, 5) is 0. The van der Waals surface area contributed by atoms with Crippen LogP contribution < -0.4 is 0 Å². The lowest BCUT2D eigenvalue weighted by atomic mass is 10.9. The average molecular weight is 159 g/mol. The zero-order chi connectivity index (χ0) is 5.70. The second-order valence-electron chi connectivity index (χ2n) is 0.834. The molecule has 7 heavy (non-hydrogen) atoms. The summed E-state index contributed by atoms with van der Waals surface area (Å²) in [7, 11) is 0.535. The number of rotatable bonds is 3. The molecule has 0 heterocycles. The van der Waals surface area contributed by atoms with Crippen LogP contribution in [0.1, 0.15) is 0 Å². The topological polar surface area (TPSA) is 26.3 Å². The largest absolute Gasteiger partial charge is 0.633 e. The van der Waals surface area contributed by atoms with Gasteiger partial charge in [-0.1, -0.05) is 0 Å². The van der Waals surface area contributed by atoms with E-state index in [1.807, 2.05) is 0 Å². The van der Waals surface area contributed by atoms with Crippen LogP contribution in [0.15, 0.2) is 0 Å². The van der Waals surface area contributed by atoms with E-state index in [2.05, 4.69) is 13.8 Å². The van der Waals surface area contributed by atoms with E-state index >= 15 is 0 Å². The molecule has 0 spiro atoms. The minimum absolute atomic E-state index is 0.448. The Morgan fingerprint density at radius 3 is 2.57 bits per heavy atom.